The van der Waals surface area contributed by atoms with Gasteiger partial charge in [0, 0.05) is 112 Å². The second-order valence-electron chi connectivity index (χ2n) is 16.8. The quantitative estimate of drug-likeness (QED) is 0.160. The fourth-order valence-electron chi connectivity index (χ4n) is 9.72. The van der Waals surface area contributed by atoms with Crippen LogP contribution in [0.3, 0.4) is 0 Å². The van der Waals surface area contributed by atoms with Crippen molar-refractivity contribution in [1.82, 2.24) is 29.9 Å². The summed E-state index contributed by atoms with van der Waals surface area (Å²) < 4.78 is 8.27. The standard InChI is InChI=1S/C46H53N9O5/c1-60-37-25-34(28-53(29-37)41-26-39(49-50-44(41)47)38-4-2-3-5-42(38)56)31-6-8-32(9-7-31)45(58)52-20-12-30(13-21-52)27-51-18-15-35(16-19-51)54-22-14-33-24-36(10-11-40(33)54)55-23-17-43(57)48-46(55)59/h2-11,14,22,24,26,30,34-35,37,56H,12-13,15-21,23,25,27-29H2,1H3,(H2,47,50)(H,48,57,59)/t34-,37+/m0/s1. The molecule has 6 heterocycles. The van der Waals surface area contributed by atoms with E-state index in [9.17, 15) is 19.5 Å². The Hall–Kier alpha value is -5.99. The minimum Gasteiger partial charge on any atom is -0.507 e. The lowest BCUT2D eigenvalue weighted by Crippen LogP contribution is -2.49. The number of nitrogens with two attached hydrogens (primary N) is 1. The van der Waals surface area contributed by atoms with Gasteiger partial charge in [-0.3, -0.25) is 19.8 Å². The maximum Gasteiger partial charge on any atom is 0.328 e. The number of urea groups is 1. The molecule has 9 rings (SSSR count). The van der Waals surface area contributed by atoms with E-state index >= 15 is 0 Å². The van der Waals surface area contributed by atoms with Crippen molar-refractivity contribution in [2.24, 2.45) is 5.92 Å². The largest absolute Gasteiger partial charge is 0.507 e. The fourth-order valence-corrected chi connectivity index (χ4v) is 9.72. The van der Waals surface area contributed by atoms with E-state index in [2.05, 4.69) is 60.3 Å². The number of para-hydroxylation sites is 1. The first-order valence-corrected chi connectivity index (χ1v) is 21.2. The smallest absolute Gasteiger partial charge is 0.328 e. The molecule has 0 unspecified atom stereocenters. The first-order chi connectivity index (χ1) is 29.2. The number of aromatic hydroxyl groups is 1. The number of methoxy groups -OCH3 is 1. The van der Waals surface area contributed by atoms with Crippen molar-refractivity contribution in [2.45, 2.75) is 56.6 Å². The topological polar surface area (TPSA) is 162 Å². The van der Waals surface area contributed by atoms with E-state index in [1.54, 1.807) is 24.1 Å². The average Bonchev–Trinajstić information content (AvgIpc) is 3.70. The normalized spacial score (nSPS) is 21.1. The Morgan fingerprint density at radius 3 is 2.43 bits per heavy atom. The van der Waals surface area contributed by atoms with E-state index in [0.717, 1.165) is 87.2 Å². The van der Waals surface area contributed by atoms with E-state index in [4.69, 9.17) is 10.5 Å². The number of carbonyl (C=O) groups is 3. The zero-order chi connectivity index (χ0) is 41.3. The Labute approximate surface area is 349 Å². The highest BCUT2D eigenvalue weighted by Gasteiger charge is 2.32. The number of piperidine rings is 3. The number of phenols is 1. The van der Waals surface area contributed by atoms with Crippen molar-refractivity contribution in [2.75, 3.05) is 75.0 Å². The van der Waals surface area contributed by atoms with Crippen LogP contribution in [-0.4, -0.2) is 113 Å². The van der Waals surface area contributed by atoms with Crippen molar-refractivity contribution in [3.05, 3.63) is 96.2 Å². The average molecular weight is 812 g/mol. The van der Waals surface area contributed by atoms with Crippen LogP contribution in [0, 0.1) is 5.92 Å². The van der Waals surface area contributed by atoms with Crippen LogP contribution >= 0.6 is 0 Å². The molecule has 312 valence electrons. The van der Waals surface area contributed by atoms with Gasteiger partial charge in [0.05, 0.1) is 17.5 Å². The number of phenolic OH excluding ortho intramolecular Hbond substituents is 1. The van der Waals surface area contributed by atoms with Gasteiger partial charge in [-0.1, -0.05) is 24.3 Å². The molecule has 4 N–H and O–H groups in total. The third-order valence-electron chi connectivity index (χ3n) is 13.1. The Morgan fingerprint density at radius 2 is 1.68 bits per heavy atom. The van der Waals surface area contributed by atoms with Crippen molar-refractivity contribution in [1.29, 1.82) is 0 Å². The van der Waals surface area contributed by atoms with E-state index in [0.29, 0.717) is 60.7 Å². The van der Waals surface area contributed by atoms with Crippen molar-refractivity contribution in [3.63, 3.8) is 0 Å². The van der Waals surface area contributed by atoms with Gasteiger partial charge in [0.1, 0.15) is 5.75 Å². The maximum absolute atomic E-state index is 13.7. The number of ether oxygens (including phenoxy) is 1. The number of rotatable bonds is 9. The number of imide groups is 1. The van der Waals surface area contributed by atoms with Gasteiger partial charge in [-0.25, -0.2) is 4.79 Å². The zero-order valence-electron chi connectivity index (χ0n) is 34.1. The lowest BCUT2D eigenvalue weighted by Gasteiger charge is -2.39. The zero-order valence-corrected chi connectivity index (χ0v) is 34.1. The number of amides is 4. The molecule has 0 saturated carbocycles. The minimum atomic E-state index is -0.361. The van der Waals surface area contributed by atoms with Crippen LogP contribution in [0.2, 0.25) is 0 Å². The predicted molar refractivity (Wildman–Crippen MR) is 231 cm³/mol. The molecule has 0 radical (unpaired) electrons. The van der Waals surface area contributed by atoms with Crippen LogP contribution < -0.4 is 20.9 Å². The van der Waals surface area contributed by atoms with E-state index < -0.39 is 0 Å². The molecule has 60 heavy (non-hydrogen) atoms. The number of likely N-dealkylation sites (tertiary alicyclic amines) is 2. The second-order valence-corrected chi connectivity index (χ2v) is 16.8. The molecule has 0 bridgehead atoms. The molecule has 4 aliphatic heterocycles. The maximum atomic E-state index is 13.7. The highest BCUT2D eigenvalue weighted by atomic mass is 16.5. The number of nitrogen functional groups attached to an aromatic ring is 1. The number of anilines is 3. The van der Waals surface area contributed by atoms with Crippen molar-refractivity contribution >= 4 is 45.9 Å². The van der Waals surface area contributed by atoms with Crippen LogP contribution in [0.1, 0.15) is 66.4 Å². The molecule has 2 atom stereocenters. The number of hydrogen-bond acceptors (Lipinski definition) is 10. The van der Waals surface area contributed by atoms with Crippen LogP contribution in [0.15, 0.2) is 85.1 Å². The molecule has 0 spiro atoms. The summed E-state index contributed by atoms with van der Waals surface area (Å²) in [7, 11) is 1.73. The Bertz CT molecular complexity index is 2370. The van der Waals surface area contributed by atoms with E-state index in [-0.39, 0.29) is 35.6 Å². The molecule has 4 saturated heterocycles. The van der Waals surface area contributed by atoms with Crippen LogP contribution in [0.25, 0.3) is 22.2 Å². The molecule has 4 fully saturated rings. The summed E-state index contributed by atoms with van der Waals surface area (Å²) in [6.07, 6.45) is 7.46. The first-order valence-electron chi connectivity index (χ1n) is 21.2. The highest BCUT2D eigenvalue weighted by molar-refractivity contribution is 6.06. The molecule has 2 aromatic heterocycles. The summed E-state index contributed by atoms with van der Waals surface area (Å²) in [5.74, 6) is 1.04. The van der Waals surface area contributed by atoms with Gasteiger partial charge < -0.3 is 34.8 Å². The third-order valence-corrected chi connectivity index (χ3v) is 13.1. The molecular formula is C46H53N9O5. The summed E-state index contributed by atoms with van der Waals surface area (Å²) in [5, 5.41) is 22.5. The van der Waals surface area contributed by atoms with Gasteiger partial charge >= 0.3 is 6.03 Å². The van der Waals surface area contributed by atoms with Gasteiger partial charge in [0.25, 0.3) is 5.91 Å². The van der Waals surface area contributed by atoms with Crippen molar-refractivity contribution in [3.8, 4) is 17.0 Å². The van der Waals surface area contributed by atoms with Gasteiger partial charge in [0.2, 0.25) is 5.91 Å². The number of nitrogens with one attached hydrogen (secondary N) is 1. The summed E-state index contributed by atoms with van der Waals surface area (Å²) >= 11 is 0. The molecule has 4 amide bonds. The summed E-state index contributed by atoms with van der Waals surface area (Å²) in [4.78, 5) is 46.1. The van der Waals surface area contributed by atoms with Gasteiger partial charge in [0.15, 0.2) is 5.82 Å². The molecule has 3 aromatic carbocycles. The SMILES string of the molecule is CO[C@@H]1C[C@H](c2ccc(C(=O)N3CCC(CN4CCC(n5ccc6cc(N7CCC(=O)NC7=O)ccc65)CC4)CC3)cc2)CN(c2cc(-c3ccccc3O)nnc2N)C1. The lowest BCUT2D eigenvalue weighted by atomic mass is 9.88. The van der Waals surface area contributed by atoms with Gasteiger partial charge in [-0.2, -0.15) is 0 Å². The minimum absolute atomic E-state index is 0.0268. The van der Waals surface area contributed by atoms with Crippen LogP contribution in [0.4, 0.5) is 22.0 Å². The Balaban J connectivity index is 0.763. The summed E-state index contributed by atoms with van der Waals surface area (Å²) in [6, 6.07) is 25.4. The summed E-state index contributed by atoms with van der Waals surface area (Å²) in [6.45, 7) is 6.44. The molecular weight excluding hydrogens is 759 g/mol. The van der Waals surface area contributed by atoms with E-state index in [1.165, 1.54) is 5.52 Å². The number of nitrogens with zero attached hydrogens (tertiary/aromatic N) is 7. The Morgan fingerprint density at radius 1 is 0.900 bits per heavy atom. The Kier molecular flexibility index (Phi) is 11.1. The fraction of sp³-hybridized carbons (Fsp3) is 0.413. The number of benzene rings is 3. The molecule has 0 aliphatic carbocycles. The molecule has 14 nitrogen and oxygen atoms in total. The third kappa shape index (κ3) is 8.13. The number of carbonyl (C=O) groups excluding carboxylic acids is 3. The number of aromatic nitrogens is 3. The van der Waals surface area contributed by atoms with Crippen molar-refractivity contribution < 1.29 is 24.2 Å². The van der Waals surface area contributed by atoms with Crippen LogP contribution in [0.5, 0.6) is 5.75 Å². The van der Waals surface area contributed by atoms with Gasteiger partial charge in [-0.05, 0) is 98.2 Å². The second kappa shape index (κ2) is 16.9. The highest BCUT2D eigenvalue weighted by Crippen LogP contribution is 2.37. The number of fused-ring (bicyclic) bond motifs is 1. The van der Waals surface area contributed by atoms with Crippen LogP contribution in [-0.2, 0) is 9.53 Å². The molecule has 5 aromatic rings. The number of hydrogen-bond donors (Lipinski definition) is 3. The van der Waals surface area contributed by atoms with Gasteiger partial charge in [-0.15, -0.1) is 10.2 Å². The molecule has 14 heteroatoms. The first kappa shape index (κ1) is 39.5. The van der Waals surface area contributed by atoms with E-state index in [1.807, 2.05) is 47.4 Å². The lowest BCUT2D eigenvalue weighted by molar-refractivity contribution is -0.120. The summed E-state index contributed by atoms with van der Waals surface area (Å²) in [5.41, 5.74) is 12.1. The predicted octanol–water partition coefficient (Wildman–Crippen LogP) is 6.03. The molecule has 4 aliphatic rings. The monoisotopic (exact) mass is 811 g/mol.